The van der Waals surface area contributed by atoms with Gasteiger partial charge in [-0.3, -0.25) is 37.3 Å². The van der Waals surface area contributed by atoms with Crippen LogP contribution in [0.25, 0.3) is 0 Å². The summed E-state index contributed by atoms with van der Waals surface area (Å²) in [6, 6.07) is 0. The van der Waals surface area contributed by atoms with Gasteiger partial charge in [0.15, 0.2) is 12.2 Å². The Bertz CT molecular complexity index is 1680. The number of carbonyl (C=O) groups excluding carboxylic acids is 4. The van der Waals surface area contributed by atoms with E-state index in [1.807, 2.05) is 0 Å². The van der Waals surface area contributed by atoms with Gasteiger partial charge in [-0.15, -0.1) is 0 Å². The Kier molecular flexibility index (Phi) is 58.0. The van der Waals surface area contributed by atoms with Crippen LogP contribution in [0.15, 0.2) is 0 Å². The largest absolute Gasteiger partial charge is 0.472 e. The van der Waals surface area contributed by atoms with Gasteiger partial charge >= 0.3 is 39.5 Å². The van der Waals surface area contributed by atoms with Crippen molar-refractivity contribution < 1.29 is 80.2 Å². The number of phosphoric ester groups is 2. The van der Waals surface area contributed by atoms with Crippen molar-refractivity contribution in [3.8, 4) is 0 Å². The van der Waals surface area contributed by atoms with Crippen LogP contribution >= 0.6 is 15.6 Å². The maximum atomic E-state index is 13.0. The molecule has 0 bridgehead atoms. The van der Waals surface area contributed by atoms with Crippen LogP contribution in [0.4, 0.5) is 0 Å². The van der Waals surface area contributed by atoms with Crippen LogP contribution < -0.4 is 0 Å². The first-order valence-electron chi connectivity index (χ1n) is 35.0. The zero-order chi connectivity index (χ0) is 63.6. The van der Waals surface area contributed by atoms with Crippen LogP contribution in [0, 0.1) is 11.8 Å². The predicted molar refractivity (Wildman–Crippen MR) is 345 cm³/mol. The van der Waals surface area contributed by atoms with Crippen molar-refractivity contribution in [3.05, 3.63) is 0 Å². The molecule has 0 saturated carbocycles. The Labute approximate surface area is 524 Å². The summed E-state index contributed by atoms with van der Waals surface area (Å²) in [5.74, 6) is -0.656. The molecule has 2 unspecified atom stereocenters. The first kappa shape index (κ1) is 84.1. The van der Waals surface area contributed by atoms with Gasteiger partial charge in [0, 0.05) is 25.7 Å². The molecule has 5 atom stereocenters. The molecule has 0 aliphatic rings. The van der Waals surface area contributed by atoms with Crippen LogP contribution in [-0.4, -0.2) is 96.7 Å². The third kappa shape index (κ3) is 60.9. The summed E-state index contributed by atoms with van der Waals surface area (Å²) in [6.45, 7) is 9.44. The molecule has 0 rings (SSSR count). The smallest absolute Gasteiger partial charge is 0.462 e. The minimum atomic E-state index is -4.95. The van der Waals surface area contributed by atoms with Crippen molar-refractivity contribution in [2.45, 2.75) is 355 Å². The van der Waals surface area contributed by atoms with Crippen molar-refractivity contribution in [1.82, 2.24) is 0 Å². The summed E-state index contributed by atoms with van der Waals surface area (Å²) < 4.78 is 68.1. The van der Waals surface area contributed by atoms with Gasteiger partial charge in [0.25, 0.3) is 0 Å². The van der Waals surface area contributed by atoms with Crippen molar-refractivity contribution in [3.63, 3.8) is 0 Å². The highest BCUT2D eigenvalue weighted by atomic mass is 31.2. The molecule has 0 aromatic rings. The summed E-state index contributed by atoms with van der Waals surface area (Å²) in [5, 5.41) is 10.5. The molecular formula is C67H130O17P2. The minimum absolute atomic E-state index is 0.104. The number of phosphoric acid groups is 2. The van der Waals surface area contributed by atoms with E-state index in [1.165, 1.54) is 141 Å². The van der Waals surface area contributed by atoms with Gasteiger partial charge < -0.3 is 33.8 Å². The molecule has 0 radical (unpaired) electrons. The first-order valence-corrected chi connectivity index (χ1v) is 38.0. The number of hydrogen-bond donors (Lipinski definition) is 3. The maximum absolute atomic E-state index is 13.0. The molecule has 3 N–H and O–H groups in total. The van der Waals surface area contributed by atoms with Crippen molar-refractivity contribution in [2.75, 3.05) is 39.6 Å². The Morgan fingerprint density at radius 2 is 0.535 bits per heavy atom. The summed E-state index contributed by atoms with van der Waals surface area (Å²) in [4.78, 5) is 72.3. The van der Waals surface area contributed by atoms with E-state index in [9.17, 15) is 43.2 Å². The van der Waals surface area contributed by atoms with E-state index >= 15 is 0 Å². The second-order valence-electron chi connectivity index (χ2n) is 25.2. The molecule has 0 amide bonds. The summed E-state index contributed by atoms with van der Waals surface area (Å²) in [5.41, 5.74) is 0. The number of carbonyl (C=O) groups is 4. The highest BCUT2D eigenvalue weighted by Crippen LogP contribution is 2.45. The average molecular weight is 1270 g/mol. The highest BCUT2D eigenvalue weighted by molar-refractivity contribution is 7.47. The van der Waals surface area contributed by atoms with E-state index in [-0.39, 0.29) is 25.7 Å². The van der Waals surface area contributed by atoms with Crippen molar-refractivity contribution >= 4 is 39.5 Å². The van der Waals surface area contributed by atoms with E-state index in [0.29, 0.717) is 25.7 Å². The lowest BCUT2D eigenvalue weighted by Gasteiger charge is -2.21. The number of rotatable bonds is 66. The fourth-order valence-corrected chi connectivity index (χ4v) is 11.6. The monoisotopic (exact) mass is 1270 g/mol. The normalized spacial score (nSPS) is 14.2. The van der Waals surface area contributed by atoms with Gasteiger partial charge in [-0.25, -0.2) is 9.13 Å². The minimum Gasteiger partial charge on any atom is -0.462 e. The molecule has 0 aromatic carbocycles. The zero-order valence-electron chi connectivity index (χ0n) is 55.6. The van der Waals surface area contributed by atoms with Gasteiger partial charge in [0.1, 0.15) is 19.3 Å². The number of ether oxygens (including phenoxy) is 4. The lowest BCUT2D eigenvalue weighted by atomic mass is 10.0. The molecule has 17 nitrogen and oxygen atoms in total. The molecule has 0 heterocycles. The van der Waals surface area contributed by atoms with Gasteiger partial charge in [-0.2, -0.15) is 0 Å². The summed E-state index contributed by atoms with van der Waals surface area (Å²) in [7, 11) is -9.89. The highest BCUT2D eigenvalue weighted by Gasteiger charge is 2.30. The fourth-order valence-electron chi connectivity index (χ4n) is 10.1. The van der Waals surface area contributed by atoms with Crippen LogP contribution in [-0.2, 0) is 65.4 Å². The van der Waals surface area contributed by atoms with Gasteiger partial charge in [-0.1, -0.05) is 286 Å². The number of aliphatic hydroxyl groups excluding tert-OH is 1. The van der Waals surface area contributed by atoms with Crippen LogP contribution in [0.5, 0.6) is 0 Å². The van der Waals surface area contributed by atoms with Crippen LogP contribution in [0.1, 0.15) is 337 Å². The molecule has 0 saturated heterocycles. The molecule has 0 aromatic heterocycles. The standard InChI is InChI=1S/C67H130O17P2/c1-7-9-11-13-15-16-17-18-19-20-21-26-33-39-45-51-66(71)83-63(56-78-65(70)50-44-38-32-25-23-22-24-30-35-41-47-59(3)4)58-82-86(75,76)80-54-61(68)53-79-85(73,74)81-57-62(55-77-64(69)49-43-37-29-14-12-10-8-2)84-67(72)52-46-40-34-28-27-31-36-42-48-60(5)6/h59-63,68H,7-58H2,1-6H3,(H,73,74)(H,75,76)/t61-,62+,63+/m0/s1. The topological polar surface area (TPSA) is 237 Å². The number of aliphatic hydroxyl groups is 1. The fraction of sp³-hybridized carbons (Fsp3) is 0.940. The molecule has 510 valence electrons. The second kappa shape index (κ2) is 59.4. The number of hydrogen-bond acceptors (Lipinski definition) is 15. The quantitative estimate of drug-likeness (QED) is 0.0222. The molecule has 86 heavy (non-hydrogen) atoms. The molecule has 0 aliphatic heterocycles. The van der Waals surface area contributed by atoms with Gasteiger partial charge in [-0.05, 0) is 37.5 Å². The lowest BCUT2D eigenvalue weighted by Crippen LogP contribution is -2.30. The third-order valence-electron chi connectivity index (χ3n) is 15.5. The average Bonchev–Trinajstić information content (AvgIpc) is 3.65. The predicted octanol–water partition coefficient (Wildman–Crippen LogP) is 18.8. The van der Waals surface area contributed by atoms with E-state index < -0.39 is 97.5 Å². The molecular weight excluding hydrogens is 1140 g/mol. The Morgan fingerprint density at radius 1 is 0.314 bits per heavy atom. The third-order valence-corrected chi connectivity index (χ3v) is 17.4. The Morgan fingerprint density at radius 3 is 0.791 bits per heavy atom. The first-order chi connectivity index (χ1) is 41.4. The van der Waals surface area contributed by atoms with E-state index in [0.717, 1.165) is 115 Å². The zero-order valence-corrected chi connectivity index (χ0v) is 57.4. The second-order valence-corrected chi connectivity index (χ2v) is 28.1. The molecule has 0 spiro atoms. The van der Waals surface area contributed by atoms with E-state index in [4.69, 9.17) is 37.0 Å². The Balaban J connectivity index is 5.22. The molecule has 0 fully saturated rings. The Hall–Kier alpha value is -1.94. The van der Waals surface area contributed by atoms with Crippen LogP contribution in [0.3, 0.4) is 0 Å². The van der Waals surface area contributed by atoms with Crippen molar-refractivity contribution in [2.24, 2.45) is 11.8 Å². The number of esters is 4. The summed E-state index contributed by atoms with van der Waals surface area (Å²) in [6.07, 6.45) is 43.2. The maximum Gasteiger partial charge on any atom is 0.472 e. The van der Waals surface area contributed by atoms with Gasteiger partial charge in [0.05, 0.1) is 26.4 Å². The molecule has 0 aliphatic carbocycles. The SMILES string of the molecule is CCCCCCCCCCCCCCCCCC(=O)O[C@H](COC(=O)CCCCCCCCCCCCC(C)C)COP(=O)(O)OC[C@@H](O)COP(=O)(O)OC[C@@H](COC(=O)CCCCCCCCC)OC(=O)CCCCCCCCCCC(C)C. The number of unbranched alkanes of at least 4 members (excludes halogenated alkanes) is 36. The van der Waals surface area contributed by atoms with Crippen LogP contribution in [0.2, 0.25) is 0 Å². The lowest BCUT2D eigenvalue weighted by molar-refractivity contribution is -0.161. The van der Waals surface area contributed by atoms with Gasteiger partial charge in [0.2, 0.25) is 0 Å². The van der Waals surface area contributed by atoms with Crippen molar-refractivity contribution in [1.29, 1.82) is 0 Å². The van der Waals surface area contributed by atoms with E-state index in [2.05, 4.69) is 41.5 Å². The van der Waals surface area contributed by atoms with E-state index in [1.54, 1.807) is 0 Å². The summed E-state index contributed by atoms with van der Waals surface area (Å²) >= 11 is 0. The molecule has 19 heteroatoms.